The van der Waals surface area contributed by atoms with Crippen molar-refractivity contribution in [2.24, 2.45) is 0 Å². The quantitative estimate of drug-likeness (QED) is 0.468. The van der Waals surface area contributed by atoms with Crippen molar-refractivity contribution >= 4 is 0 Å². The maximum Gasteiger partial charge on any atom is 0.143 e. The van der Waals surface area contributed by atoms with Crippen molar-refractivity contribution in [3.63, 3.8) is 0 Å². The normalized spacial score (nSPS) is 6.00. The van der Waals surface area contributed by atoms with E-state index in [0.717, 1.165) is 0 Å². The van der Waals surface area contributed by atoms with Crippen molar-refractivity contribution in [3.05, 3.63) is 0 Å². The topological polar surface area (TPSA) is 29.5 Å². The summed E-state index contributed by atoms with van der Waals surface area (Å²) < 4.78 is 4.10. The zero-order valence-electron chi connectivity index (χ0n) is 3.01. The molecule has 0 aromatic heterocycles. The van der Waals surface area contributed by atoms with E-state index in [1.165, 1.54) is 7.11 Å². The molecule has 0 aliphatic rings. The Morgan fingerprint density at radius 2 is 2.00 bits per heavy atom. The largest absolute Gasteiger partial charge is 0.371 e. The summed E-state index contributed by atoms with van der Waals surface area (Å²) in [6.07, 6.45) is 0. The van der Waals surface area contributed by atoms with Gasteiger partial charge in [0.25, 0.3) is 0 Å². The third kappa shape index (κ3) is 12.5. The Hall–Kier alpha value is 0.504. The Bertz CT molecular complexity index is 9.61. The molecule has 3 heteroatoms. The van der Waals surface area contributed by atoms with Crippen LogP contribution in [0.25, 0.3) is 0 Å². The molecule has 0 fully saturated rings. The second-order valence-electron chi connectivity index (χ2n) is 0.418. The molecule has 0 aromatic carbocycles. The number of methoxy groups -OCH3 is 1. The first kappa shape index (κ1) is 9.09. The van der Waals surface area contributed by atoms with Crippen molar-refractivity contribution in [1.82, 2.24) is 0 Å². The summed E-state index contributed by atoms with van der Waals surface area (Å²) in [4.78, 5) is 0. The van der Waals surface area contributed by atoms with Gasteiger partial charge in [0.15, 0.2) is 0 Å². The molecule has 0 amide bonds. The number of hydrogen-bond donors (Lipinski definition) is 1. The fourth-order valence-corrected chi connectivity index (χ4v) is 0. The fraction of sp³-hybridized carbons (Fsp3) is 1.00. The van der Waals surface area contributed by atoms with E-state index >= 15 is 0 Å². The van der Waals surface area contributed by atoms with Crippen LogP contribution in [0.15, 0.2) is 0 Å². The minimum Gasteiger partial charge on any atom is -0.371 e. The van der Waals surface area contributed by atoms with Gasteiger partial charge in [-0.1, -0.05) is 0 Å². The number of rotatable bonds is 1. The van der Waals surface area contributed by atoms with Crippen LogP contribution in [0.2, 0.25) is 0 Å². The molecule has 0 unspecified atom stereocenters. The Kier molecular flexibility index (Phi) is 16.0. The van der Waals surface area contributed by atoms with E-state index in [1.54, 1.807) is 0 Å². The van der Waals surface area contributed by atoms with Crippen molar-refractivity contribution in [2.45, 2.75) is 0 Å². The molecule has 0 bridgehead atoms. The zero-order valence-corrected chi connectivity index (χ0v) is 4.41. The number of aliphatic hydroxyl groups excluding tert-OH is 1. The van der Waals surface area contributed by atoms with Crippen LogP contribution in [0.4, 0.5) is 0 Å². The van der Waals surface area contributed by atoms with Crippen LogP contribution in [0.3, 0.4) is 0 Å². The third-order valence-corrected chi connectivity index (χ3v) is 0.129. The second kappa shape index (κ2) is 8.82. The molecule has 1 N–H and O–H groups in total. The van der Waals surface area contributed by atoms with Crippen LogP contribution in [0.1, 0.15) is 0 Å². The van der Waals surface area contributed by atoms with E-state index in [1.807, 2.05) is 0 Å². The number of aliphatic hydroxyl groups is 1. The molecule has 0 atom stereocenters. The molecule has 31 valence electrons. The van der Waals surface area contributed by atoms with Gasteiger partial charge in [-0.05, 0) is 0 Å². The minimum atomic E-state index is -0.181. The predicted octanol–water partition coefficient (Wildman–Crippen LogP) is -0.420. The molecule has 1 radical (unpaired) electrons. The van der Waals surface area contributed by atoms with Crippen molar-refractivity contribution in [1.29, 1.82) is 0 Å². The summed E-state index contributed by atoms with van der Waals surface area (Å²) in [5, 5.41) is 7.65. The molecule has 0 saturated heterocycles. The standard InChI is InChI=1S/C2H6O2.V/c1-4-2-3;/h3H,2H2,1H3;. The molecule has 0 saturated carbocycles. The summed E-state index contributed by atoms with van der Waals surface area (Å²) in [5.41, 5.74) is 0. The monoisotopic (exact) mass is 113 g/mol. The zero-order chi connectivity index (χ0) is 3.41. The molecular weight excluding hydrogens is 107 g/mol. The van der Waals surface area contributed by atoms with Gasteiger partial charge in [-0.25, -0.2) is 0 Å². The summed E-state index contributed by atoms with van der Waals surface area (Å²) in [7, 11) is 1.43. The van der Waals surface area contributed by atoms with Gasteiger partial charge in [0.1, 0.15) is 6.79 Å². The first-order chi connectivity index (χ1) is 1.91. The smallest absolute Gasteiger partial charge is 0.143 e. The Morgan fingerprint density at radius 1 is 1.80 bits per heavy atom. The molecule has 5 heavy (non-hydrogen) atoms. The van der Waals surface area contributed by atoms with E-state index in [2.05, 4.69) is 4.74 Å². The average Bonchev–Trinajstić information content (AvgIpc) is 1.37. The molecule has 0 heterocycles. The van der Waals surface area contributed by atoms with Crippen LogP contribution in [0, 0.1) is 0 Å². The molecule has 0 rings (SSSR count). The molecular formula is C2H6O2V. The van der Waals surface area contributed by atoms with Gasteiger partial charge < -0.3 is 9.84 Å². The summed E-state index contributed by atoms with van der Waals surface area (Å²) in [5.74, 6) is 0. The van der Waals surface area contributed by atoms with Crippen LogP contribution in [-0.2, 0) is 23.3 Å². The SMILES string of the molecule is COCO.[V]. The minimum absolute atomic E-state index is 0. The van der Waals surface area contributed by atoms with Gasteiger partial charge in [-0.2, -0.15) is 0 Å². The van der Waals surface area contributed by atoms with Gasteiger partial charge >= 0.3 is 0 Å². The average molecular weight is 113 g/mol. The van der Waals surface area contributed by atoms with Crippen LogP contribution >= 0.6 is 0 Å². The van der Waals surface area contributed by atoms with Gasteiger partial charge in [0.2, 0.25) is 0 Å². The van der Waals surface area contributed by atoms with Crippen molar-refractivity contribution < 1.29 is 28.4 Å². The number of ether oxygens (including phenoxy) is 1. The Labute approximate surface area is 43.0 Å². The molecule has 0 spiro atoms. The summed E-state index contributed by atoms with van der Waals surface area (Å²) in [6, 6.07) is 0. The van der Waals surface area contributed by atoms with Crippen LogP contribution < -0.4 is 0 Å². The van der Waals surface area contributed by atoms with Crippen LogP contribution in [-0.4, -0.2) is 19.0 Å². The van der Waals surface area contributed by atoms with E-state index < -0.39 is 0 Å². The first-order valence-corrected chi connectivity index (χ1v) is 1.01. The van der Waals surface area contributed by atoms with E-state index in [0.29, 0.717) is 0 Å². The van der Waals surface area contributed by atoms with Gasteiger partial charge in [-0.3, -0.25) is 0 Å². The van der Waals surface area contributed by atoms with Crippen LogP contribution in [0.5, 0.6) is 0 Å². The number of hydrogen-bond acceptors (Lipinski definition) is 2. The molecule has 0 aromatic rings. The van der Waals surface area contributed by atoms with Gasteiger partial charge in [0.05, 0.1) is 0 Å². The molecule has 2 nitrogen and oxygen atoms in total. The molecule has 0 aliphatic heterocycles. The summed E-state index contributed by atoms with van der Waals surface area (Å²) in [6.45, 7) is -0.181. The predicted molar refractivity (Wildman–Crippen MR) is 14.1 cm³/mol. The van der Waals surface area contributed by atoms with E-state index in [4.69, 9.17) is 5.11 Å². The van der Waals surface area contributed by atoms with Gasteiger partial charge in [-0.15, -0.1) is 0 Å². The first-order valence-electron chi connectivity index (χ1n) is 1.01. The fourth-order valence-electron chi connectivity index (χ4n) is 0. The van der Waals surface area contributed by atoms with Crippen molar-refractivity contribution in [2.75, 3.05) is 13.9 Å². The maximum atomic E-state index is 7.65. The molecule has 0 aliphatic carbocycles. The van der Waals surface area contributed by atoms with E-state index in [9.17, 15) is 0 Å². The summed E-state index contributed by atoms with van der Waals surface area (Å²) >= 11 is 0. The van der Waals surface area contributed by atoms with Crippen molar-refractivity contribution in [3.8, 4) is 0 Å². The third-order valence-electron chi connectivity index (χ3n) is 0.129. The van der Waals surface area contributed by atoms with Gasteiger partial charge in [0, 0.05) is 25.7 Å². The van der Waals surface area contributed by atoms with E-state index in [-0.39, 0.29) is 25.3 Å². The Morgan fingerprint density at radius 3 is 2.00 bits per heavy atom. The second-order valence-corrected chi connectivity index (χ2v) is 0.418. The Balaban J connectivity index is 0. The maximum absolute atomic E-state index is 7.65.